The average Bonchev–Trinajstić information content (AvgIpc) is 2.25. The molecule has 0 saturated carbocycles. The highest BCUT2D eigenvalue weighted by Gasteiger charge is 2.29. The lowest BCUT2D eigenvalue weighted by Gasteiger charge is -2.20. The first-order valence-corrected chi connectivity index (χ1v) is 6.43. The molecule has 9 heteroatoms. The van der Waals surface area contributed by atoms with Gasteiger partial charge in [-0.05, 0) is 13.8 Å². The number of nitrogens with one attached hydrogen (secondary N) is 2. The summed E-state index contributed by atoms with van der Waals surface area (Å²) in [5.74, 6) is -1.38. The third-order valence-electron chi connectivity index (χ3n) is 1.85. The van der Waals surface area contributed by atoms with Crippen molar-refractivity contribution in [1.29, 1.82) is 0 Å². The first-order valence-electron chi connectivity index (χ1n) is 4.77. The Morgan fingerprint density at radius 3 is 1.59 bits per heavy atom. The van der Waals surface area contributed by atoms with Crippen LogP contribution in [-0.2, 0) is 23.6 Å². The average molecular weight is 268 g/mol. The number of carbonyl (C=O) groups excluding carboxylic acids is 2. The molecule has 3 N–H and O–H groups in total. The molecule has 0 saturated heterocycles. The van der Waals surface area contributed by atoms with E-state index in [4.69, 9.17) is 0 Å². The van der Waals surface area contributed by atoms with Gasteiger partial charge in [-0.25, -0.2) is 10.2 Å². The van der Waals surface area contributed by atoms with Crippen LogP contribution in [0.4, 0.5) is 0 Å². The number of rotatable bonds is 6. The Morgan fingerprint density at radius 1 is 1.06 bits per heavy atom. The highest BCUT2D eigenvalue weighted by molar-refractivity contribution is 7.53. The van der Waals surface area contributed by atoms with E-state index in [2.05, 4.69) is 19.6 Å². The van der Waals surface area contributed by atoms with Crippen molar-refractivity contribution in [1.82, 2.24) is 10.2 Å². The molecule has 0 amide bonds. The Labute approximate surface area is 99.2 Å². The molecule has 0 aromatic rings. The zero-order valence-corrected chi connectivity index (χ0v) is 11.0. The fourth-order valence-corrected chi connectivity index (χ4v) is 2.36. The van der Waals surface area contributed by atoms with Gasteiger partial charge in [-0.2, -0.15) is 0 Å². The second-order valence-corrected chi connectivity index (χ2v) is 4.99. The van der Waals surface area contributed by atoms with Crippen molar-refractivity contribution in [2.24, 2.45) is 0 Å². The van der Waals surface area contributed by atoms with Gasteiger partial charge in [0.05, 0.1) is 14.2 Å². The van der Waals surface area contributed by atoms with Gasteiger partial charge >= 0.3 is 19.6 Å². The Bertz CT molecular complexity index is 306. The van der Waals surface area contributed by atoms with Gasteiger partial charge in [0, 0.05) is 0 Å². The number of esters is 2. The number of hydrogen-bond acceptors (Lipinski definition) is 5. The van der Waals surface area contributed by atoms with Crippen LogP contribution in [-0.4, -0.2) is 43.1 Å². The Morgan fingerprint density at radius 2 is 1.35 bits per heavy atom. The zero-order chi connectivity index (χ0) is 13.6. The van der Waals surface area contributed by atoms with Gasteiger partial charge in [-0.15, -0.1) is 0 Å². The van der Waals surface area contributed by atoms with E-state index in [0.29, 0.717) is 0 Å². The summed E-state index contributed by atoms with van der Waals surface area (Å²) in [6.07, 6.45) is 0. The van der Waals surface area contributed by atoms with Crippen LogP contribution in [0.15, 0.2) is 0 Å². The lowest BCUT2D eigenvalue weighted by atomic mass is 10.4. The van der Waals surface area contributed by atoms with Crippen LogP contribution in [0, 0.1) is 0 Å². The third kappa shape index (κ3) is 5.78. The van der Waals surface area contributed by atoms with E-state index in [-0.39, 0.29) is 0 Å². The van der Waals surface area contributed by atoms with Crippen molar-refractivity contribution in [2.45, 2.75) is 25.9 Å². The predicted octanol–water partition coefficient (Wildman–Crippen LogP) is -0.611. The lowest BCUT2D eigenvalue weighted by Crippen LogP contribution is -2.41. The summed E-state index contributed by atoms with van der Waals surface area (Å²) < 4.78 is 20.4. The minimum Gasteiger partial charge on any atom is -0.468 e. The highest BCUT2D eigenvalue weighted by Crippen LogP contribution is 2.31. The van der Waals surface area contributed by atoms with Crippen LogP contribution >= 0.6 is 7.67 Å². The summed E-state index contributed by atoms with van der Waals surface area (Å²) in [5.41, 5.74) is 0. The van der Waals surface area contributed by atoms with E-state index in [1.807, 2.05) is 0 Å². The molecule has 0 radical (unpaired) electrons. The van der Waals surface area contributed by atoms with Gasteiger partial charge in [-0.3, -0.25) is 14.2 Å². The molecular weight excluding hydrogens is 251 g/mol. The van der Waals surface area contributed by atoms with Gasteiger partial charge in [0.15, 0.2) is 0 Å². The fraction of sp³-hybridized carbons (Fsp3) is 0.750. The Balaban J connectivity index is 4.44. The second kappa shape index (κ2) is 6.70. The SMILES string of the molecule is COC(=O)C(C)NP(=O)(O)N[C@@H](C)C(=O)OC. The first-order chi connectivity index (χ1) is 7.73. The highest BCUT2D eigenvalue weighted by atomic mass is 31.2. The molecule has 0 bridgehead atoms. The normalized spacial score (nSPS) is 17.7. The Kier molecular flexibility index (Phi) is 6.33. The molecule has 0 fully saturated rings. The fourth-order valence-electron chi connectivity index (χ4n) is 1.02. The maximum atomic E-state index is 11.6. The van der Waals surface area contributed by atoms with Crippen LogP contribution in [0.5, 0.6) is 0 Å². The molecule has 17 heavy (non-hydrogen) atoms. The van der Waals surface area contributed by atoms with E-state index in [1.54, 1.807) is 0 Å². The van der Waals surface area contributed by atoms with E-state index < -0.39 is 31.7 Å². The molecule has 0 heterocycles. The van der Waals surface area contributed by atoms with Crippen LogP contribution in [0.25, 0.3) is 0 Å². The van der Waals surface area contributed by atoms with Crippen molar-refractivity contribution >= 4 is 19.6 Å². The van der Waals surface area contributed by atoms with Gasteiger partial charge in [-0.1, -0.05) is 0 Å². The molecule has 0 aromatic heterocycles. The number of ether oxygens (including phenoxy) is 2. The molecule has 0 rings (SSSR count). The van der Waals surface area contributed by atoms with E-state index in [0.717, 1.165) is 14.2 Å². The van der Waals surface area contributed by atoms with Crippen molar-refractivity contribution in [3.05, 3.63) is 0 Å². The Hall–Kier alpha value is -0.950. The third-order valence-corrected chi connectivity index (χ3v) is 3.32. The van der Waals surface area contributed by atoms with Gasteiger partial charge in [0.25, 0.3) is 0 Å². The molecule has 0 spiro atoms. The topological polar surface area (TPSA) is 114 Å². The van der Waals surface area contributed by atoms with Crippen LogP contribution in [0.2, 0.25) is 0 Å². The first kappa shape index (κ1) is 16.1. The number of carbonyl (C=O) groups is 2. The summed E-state index contributed by atoms with van der Waals surface area (Å²) in [7, 11) is -1.72. The molecule has 2 unspecified atom stereocenters. The minimum atomic E-state index is -4.04. The summed E-state index contributed by atoms with van der Waals surface area (Å²) in [6.45, 7) is 2.72. The maximum absolute atomic E-state index is 11.6. The van der Waals surface area contributed by atoms with Crippen molar-refractivity contribution in [3.8, 4) is 0 Å². The summed E-state index contributed by atoms with van der Waals surface area (Å²) >= 11 is 0. The van der Waals surface area contributed by atoms with Crippen molar-refractivity contribution in [3.63, 3.8) is 0 Å². The van der Waals surface area contributed by atoms with Crippen molar-refractivity contribution < 1.29 is 28.5 Å². The monoisotopic (exact) mass is 268 g/mol. The van der Waals surface area contributed by atoms with Crippen LogP contribution < -0.4 is 10.2 Å². The van der Waals surface area contributed by atoms with Gasteiger partial charge in [0.1, 0.15) is 12.1 Å². The lowest BCUT2D eigenvalue weighted by molar-refractivity contribution is -0.142. The summed E-state index contributed by atoms with van der Waals surface area (Å²) in [4.78, 5) is 31.5. The van der Waals surface area contributed by atoms with E-state index in [1.165, 1.54) is 13.8 Å². The standard InChI is InChI=1S/C8H17N2O6P/c1-5(7(11)15-3)9-17(13,14)10-6(2)8(12)16-4/h5-6H,1-4H3,(H3,9,10,13,14)/t5-,6?/m0/s1. The smallest absolute Gasteiger partial charge is 0.339 e. The predicted molar refractivity (Wildman–Crippen MR) is 59.1 cm³/mol. The molecule has 8 nitrogen and oxygen atoms in total. The van der Waals surface area contributed by atoms with E-state index >= 15 is 0 Å². The number of hydrogen-bond donors (Lipinski definition) is 3. The van der Waals surface area contributed by atoms with Crippen molar-refractivity contribution in [2.75, 3.05) is 14.2 Å². The molecule has 0 aliphatic heterocycles. The van der Waals surface area contributed by atoms with Crippen LogP contribution in [0.1, 0.15) is 13.8 Å². The zero-order valence-electron chi connectivity index (χ0n) is 10.1. The molecule has 0 aromatic carbocycles. The largest absolute Gasteiger partial charge is 0.468 e. The van der Waals surface area contributed by atoms with E-state index in [9.17, 15) is 19.0 Å². The molecule has 0 aliphatic carbocycles. The van der Waals surface area contributed by atoms with Gasteiger partial charge < -0.3 is 14.4 Å². The molecule has 0 aliphatic rings. The maximum Gasteiger partial charge on any atom is 0.339 e. The number of methoxy groups -OCH3 is 2. The quantitative estimate of drug-likeness (QED) is 0.432. The minimum absolute atomic E-state index is 0.688. The van der Waals surface area contributed by atoms with Gasteiger partial charge in [0.2, 0.25) is 0 Å². The molecule has 3 atom stereocenters. The summed E-state index contributed by atoms with van der Waals surface area (Å²) in [6, 6.07) is -1.96. The van der Waals surface area contributed by atoms with Crippen LogP contribution in [0.3, 0.4) is 0 Å². The molecular formula is C8H17N2O6P. The molecule has 100 valence electrons. The summed E-state index contributed by atoms with van der Waals surface area (Å²) in [5, 5.41) is 4.27. The second-order valence-electron chi connectivity index (χ2n) is 3.32.